The lowest BCUT2D eigenvalue weighted by Gasteiger charge is -2.21. The van der Waals surface area contributed by atoms with Crippen molar-refractivity contribution in [3.63, 3.8) is 0 Å². The van der Waals surface area contributed by atoms with Gasteiger partial charge in [0, 0.05) is 49.8 Å². The smallest absolute Gasteiger partial charge is 0.264 e. The molecule has 3 heterocycles. The van der Waals surface area contributed by atoms with Crippen molar-refractivity contribution in [2.24, 2.45) is 0 Å². The predicted octanol–water partition coefficient (Wildman–Crippen LogP) is 3.64. The van der Waals surface area contributed by atoms with Crippen LogP contribution in [0.1, 0.15) is 21.7 Å². The lowest BCUT2D eigenvalue weighted by molar-refractivity contribution is 0.0766. The van der Waals surface area contributed by atoms with Gasteiger partial charge in [0.25, 0.3) is 5.91 Å². The number of carbonyl (C=O) groups excluding carboxylic acids is 1. The zero-order valence-electron chi connectivity index (χ0n) is 14.1. The van der Waals surface area contributed by atoms with Crippen LogP contribution < -0.4 is 0 Å². The molecule has 0 spiro atoms. The van der Waals surface area contributed by atoms with Gasteiger partial charge in [0.2, 0.25) is 0 Å². The average molecular weight is 351 g/mol. The van der Waals surface area contributed by atoms with E-state index in [0.29, 0.717) is 0 Å². The molecular formula is C20H21N3OS. The van der Waals surface area contributed by atoms with Crippen molar-refractivity contribution in [2.45, 2.75) is 13.0 Å². The molecule has 4 nitrogen and oxygen atoms in total. The van der Waals surface area contributed by atoms with Gasteiger partial charge in [-0.05, 0) is 41.6 Å². The van der Waals surface area contributed by atoms with Crippen molar-refractivity contribution in [3.8, 4) is 0 Å². The SMILES string of the molecule is O=C(c1cc2ccccc2s1)N1CCCN(Cc2ccncc2)CC1. The van der Waals surface area contributed by atoms with Gasteiger partial charge in [0.1, 0.15) is 0 Å². The van der Waals surface area contributed by atoms with Crippen molar-refractivity contribution in [3.05, 3.63) is 65.3 Å². The molecule has 1 aromatic carbocycles. The second-order valence-corrected chi connectivity index (χ2v) is 7.51. The van der Waals surface area contributed by atoms with Gasteiger partial charge in [-0.2, -0.15) is 0 Å². The minimum atomic E-state index is 0.173. The van der Waals surface area contributed by atoms with Crippen LogP contribution in [-0.4, -0.2) is 46.9 Å². The van der Waals surface area contributed by atoms with Crippen LogP contribution in [0.3, 0.4) is 0 Å². The van der Waals surface area contributed by atoms with E-state index in [-0.39, 0.29) is 5.91 Å². The molecule has 0 unspecified atom stereocenters. The fourth-order valence-corrected chi connectivity index (χ4v) is 4.35. The zero-order chi connectivity index (χ0) is 17.1. The molecule has 0 saturated carbocycles. The van der Waals surface area contributed by atoms with E-state index in [1.54, 1.807) is 11.3 Å². The van der Waals surface area contributed by atoms with Crippen molar-refractivity contribution in [2.75, 3.05) is 26.2 Å². The lowest BCUT2D eigenvalue weighted by Crippen LogP contribution is -2.34. The number of hydrogen-bond donors (Lipinski definition) is 0. The van der Waals surface area contributed by atoms with Gasteiger partial charge in [-0.15, -0.1) is 11.3 Å². The third kappa shape index (κ3) is 3.72. The fourth-order valence-electron chi connectivity index (χ4n) is 3.32. The molecule has 0 N–H and O–H groups in total. The molecule has 1 fully saturated rings. The van der Waals surface area contributed by atoms with Gasteiger partial charge in [-0.25, -0.2) is 0 Å². The summed E-state index contributed by atoms with van der Waals surface area (Å²) in [6.07, 6.45) is 4.69. The summed E-state index contributed by atoms with van der Waals surface area (Å²) in [5, 5.41) is 1.16. The Morgan fingerprint density at radius 3 is 2.72 bits per heavy atom. The molecule has 1 saturated heterocycles. The molecule has 1 aliphatic rings. The maximum Gasteiger partial charge on any atom is 0.264 e. The lowest BCUT2D eigenvalue weighted by atomic mass is 10.2. The summed E-state index contributed by atoms with van der Waals surface area (Å²) < 4.78 is 1.18. The Morgan fingerprint density at radius 1 is 1.04 bits per heavy atom. The maximum atomic E-state index is 12.9. The number of hydrogen-bond acceptors (Lipinski definition) is 4. The van der Waals surface area contributed by atoms with Gasteiger partial charge in [0.15, 0.2) is 0 Å². The Balaban J connectivity index is 1.42. The number of nitrogens with zero attached hydrogens (tertiary/aromatic N) is 3. The molecule has 128 valence electrons. The average Bonchev–Trinajstić information content (AvgIpc) is 2.95. The highest BCUT2D eigenvalue weighted by Crippen LogP contribution is 2.26. The second kappa shape index (κ2) is 7.33. The standard InChI is InChI=1S/C20H21N3OS/c24-20(19-14-17-4-1-2-5-18(17)25-19)23-11-3-10-22(12-13-23)15-16-6-8-21-9-7-16/h1-2,4-9,14H,3,10-13,15H2. The van der Waals surface area contributed by atoms with E-state index in [9.17, 15) is 4.79 Å². The van der Waals surface area contributed by atoms with Crippen LogP contribution in [0.2, 0.25) is 0 Å². The van der Waals surface area contributed by atoms with Gasteiger partial charge in [0.05, 0.1) is 4.88 Å². The zero-order valence-corrected chi connectivity index (χ0v) is 14.9. The van der Waals surface area contributed by atoms with Crippen LogP contribution in [0, 0.1) is 0 Å². The van der Waals surface area contributed by atoms with E-state index in [1.165, 1.54) is 10.3 Å². The monoisotopic (exact) mass is 351 g/mol. The number of aromatic nitrogens is 1. The third-order valence-corrected chi connectivity index (χ3v) is 5.77. The summed E-state index contributed by atoms with van der Waals surface area (Å²) in [6, 6.07) is 14.3. The largest absolute Gasteiger partial charge is 0.337 e. The molecule has 3 aromatic rings. The number of amides is 1. The molecule has 1 aliphatic heterocycles. The van der Waals surface area contributed by atoms with Crippen LogP contribution in [0.5, 0.6) is 0 Å². The Labute approximate surface area is 151 Å². The third-order valence-electron chi connectivity index (χ3n) is 4.67. The van der Waals surface area contributed by atoms with Crippen LogP contribution >= 0.6 is 11.3 Å². The van der Waals surface area contributed by atoms with Gasteiger partial charge < -0.3 is 4.90 Å². The molecule has 1 amide bonds. The first-order valence-electron chi connectivity index (χ1n) is 8.69. The topological polar surface area (TPSA) is 36.4 Å². The Hall–Kier alpha value is -2.24. The minimum absolute atomic E-state index is 0.173. The number of pyridine rings is 1. The summed E-state index contributed by atoms with van der Waals surface area (Å²) in [7, 11) is 0. The highest BCUT2D eigenvalue weighted by molar-refractivity contribution is 7.20. The number of benzene rings is 1. The highest BCUT2D eigenvalue weighted by atomic mass is 32.1. The van der Waals surface area contributed by atoms with E-state index < -0.39 is 0 Å². The summed E-state index contributed by atoms with van der Waals surface area (Å²) >= 11 is 1.60. The van der Waals surface area contributed by atoms with E-state index in [2.05, 4.69) is 34.1 Å². The maximum absolute atomic E-state index is 12.9. The summed E-state index contributed by atoms with van der Waals surface area (Å²) in [4.78, 5) is 22.3. The molecular weight excluding hydrogens is 330 g/mol. The van der Waals surface area contributed by atoms with Crippen molar-refractivity contribution in [1.82, 2.24) is 14.8 Å². The van der Waals surface area contributed by atoms with E-state index in [4.69, 9.17) is 0 Å². The van der Waals surface area contributed by atoms with E-state index >= 15 is 0 Å². The van der Waals surface area contributed by atoms with Crippen LogP contribution in [0.15, 0.2) is 54.9 Å². The molecule has 0 aliphatic carbocycles. The summed E-state index contributed by atoms with van der Waals surface area (Å²) in [5.41, 5.74) is 1.28. The van der Waals surface area contributed by atoms with Crippen LogP contribution in [0.25, 0.3) is 10.1 Å². The van der Waals surface area contributed by atoms with Gasteiger partial charge in [-0.1, -0.05) is 18.2 Å². The van der Waals surface area contributed by atoms with Gasteiger partial charge >= 0.3 is 0 Å². The number of fused-ring (bicyclic) bond motifs is 1. The molecule has 0 radical (unpaired) electrons. The fraction of sp³-hybridized carbons (Fsp3) is 0.300. The van der Waals surface area contributed by atoms with Crippen LogP contribution in [-0.2, 0) is 6.54 Å². The quantitative estimate of drug-likeness (QED) is 0.723. The first-order valence-corrected chi connectivity index (χ1v) is 9.50. The summed E-state index contributed by atoms with van der Waals surface area (Å²) in [5.74, 6) is 0.173. The Bertz CT molecular complexity index is 829. The molecule has 0 atom stereocenters. The molecule has 25 heavy (non-hydrogen) atoms. The first kappa shape index (κ1) is 16.2. The molecule has 0 bridgehead atoms. The minimum Gasteiger partial charge on any atom is -0.337 e. The Morgan fingerprint density at radius 2 is 1.88 bits per heavy atom. The first-order chi connectivity index (χ1) is 12.3. The van der Waals surface area contributed by atoms with Gasteiger partial charge in [-0.3, -0.25) is 14.7 Å². The molecule has 5 heteroatoms. The summed E-state index contributed by atoms with van der Waals surface area (Å²) in [6.45, 7) is 4.49. The number of rotatable bonds is 3. The van der Waals surface area contributed by atoms with E-state index in [0.717, 1.165) is 49.4 Å². The Kier molecular flexibility index (Phi) is 4.76. The van der Waals surface area contributed by atoms with E-state index in [1.807, 2.05) is 35.5 Å². The van der Waals surface area contributed by atoms with Crippen molar-refractivity contribution >= 4 is 27.3 Å². The van der Waals surface area contributed by atoms with Crippen LogP contribution in [0.4, 0.5) is 0 Å². The van der Waals surface area contributed by atoms with Crippen molar-refractivity contribution < 1.29 is 4.79 Å². The molecule has 4 rings (SSSR count). The highest BCUT2D eigenvalue weighted by Gasteiger charge is 2.21. The number of carbonyl (C=O) groups is 1. The normalized spacial score (nSPS) is 16.1. The second-order valence-electron chi connectivity index (χ2n) is 6.43. The molecule has 2 aromatic heterocycles. The number of thiophene rings is 1. The van der Waals surface area contributed by atoms with Crippen molar-refractivity contribution in [1.29, 1.82) is 0 Å². The predicted molar refractivity (Wildman–Crippen MR) is 102 cm³/mol.